The van der Waals surface area contributed by atoms with Gasteiger partial charge in [0.25, 0.3) is 0 Å². The average molecular weight is 376 g/mol. The number of likely N-dealkylation sites (tertiary alicyclic amines) is 1. The van der Waals surface area contributed by atoms with Crippen molar-refractivity contribution in [3.63, 3.8) is 0 Å². The fraction of sp³-hybridized carbons (Fsp3) is 0.286. The molecule has 1 fully saturated rings. The third-order valence-electron chi connectivity index (χ3n) is 5.17. The molecule has 1 atom stereocenters. The lowest BCUT2D eigenvalue weighted by atomic mass is 9.97. The lowest BCUT2D eigenvalue weighted by Gasteiger charge is -2.30. The Morgan fingerprint density at radius 1 is 1.11 bits per heavy atom. The van der Waals surface area contributed by atoms with Gasteiger partial charge in [-0.05, 0) is 49.0 Å². The topological polar surface area (TPSA) is 46.3 Å². The van der Waals surface area contributed by atoms with Crippen LogP contribution in [0.4, 0.5) is 0 Å². The van der Waals surface area contributed by atoms with Crippen LogP contribution in [0.1, 0.15) is 29.5 Å². The Bertz CT molecular complexity index is 1030. The van der Waals surface area contributed by atoms with Crippen LogP contribution in [0.3, 0.4) is 0 Å². The van der Waals surface area contributed by atoms with Gasteiger partial charge in [0.15, 0.2) is 11.5 Å². The number of fused-ring (bicyclic) bond motifs is 1. The van der Waals surface area contributed by atoms with Crippen molar-refractivity contribution in [3.05, 3.63) is 71.1 Å². The molecule has 136 valence electrons. The lowest BCUT2D eigenvalue weighted by molar-refractivity contribution is 0.198. The van der Waals surface area contributed by atoms with E-state index < -0.39 is 0 Å². The molecule has 4 aromatic heterocycles. The van der Waals surface area contributed by atoms with Crippen molar-refractivity contribution in [3.8, 4) is 11.1 Å². The van der Waals surface area contributed by atoms with Gasteiger partial charge in [0.2, 0.25) is 0 Å². The van der Waals surface area contributed by atoms with E-state index in [4.69, 9.17) is 10.1 Å². The number of pyridine rings is 2. The van der Waals surface area contributed by atoms with E-state index in [1.165, 1.54) is 11.3 Å². The minimum atomic E-state index is 0.403. The van der Waals surface area contributed by atoms with Crippen molar-refractivity contribution >= 4 is 17.0 Å². The number of hydrogen-bond acceptors (Lipinski definition) is 5. The van der Waals surface area contributed by atoms with Crippen LogP contribution >= 0.6 is 11.3 Å². The summed E-state index contributed by atoms with van der Waals surface area (Å²) in [5.74, 6) is 1.37. The number of rotatable bonds is 4. The maximum Gasteiger partial charge on any atom is 0.156 e. The van der Waals surface area contributed by atoms with E-state index in [0.29, 0.717) is 5.92 Å². The molecular weight excluding hydrogens is 354 g/mol. The highest BCUT2D eigenvalue weighted by atomic mass is 32.1. The molecule has 5 nitrogen and oxygen atoms in total. The Kier molecular flexibility index (Phi) is 4.43. The van der Waals surface area contributed by atoms with Gasteiger partial charge in [-0.2, -0.15) is 5.10 Å². The van der Waals surface area contributed by atoms with Crippen LogP contribution in [-0.2, 0) is 6.54 Å². The largest absolute Gasteiger partial charge is 0.298 e. The number of aromatic nitrogens is 4. The molecule has 6 heteroatoms. The number of nitrogens with zero attached hydrogens (tertiary/aromatic N) is 5. The molecule has 0 amide bonds. The predicted octanol–water partition coefficient (Wildman–Crippen LogP) is 4.23. The van der Waals surface area contributed by atoms with Crippen molar-refractivity contribution in [1.82, 2.24) is 24.5 Å². The highest BCUT2D eigenvalue weighted by Gasteiger charge is 2.25. The standard InChI is InChI=1S/C21H21N5S/c1-4-16(12-22-9-1)17-7-8-20-23-21(24-26(20)14-17)18-5-2-10-25(13-18)15-19-6-3-11-27-19/h1,3-4,6-9,11-12,14,18H,2,5,10,13,15H2. The number of thiophene rings is 1. The molecule has 0 radical (unpaired) electrons. The minimum Gasteiger partial charge on any atom is -0.298 e. The number of piperidine rings is 1. The zero-order valence-corrected chi connectivity index (χ0v) is 15.8. The van der Waals surface area contributed by atoms with Crippen LogP contribution in [-0.4, -0.2) is 37.6 Å². The maximum absolute atomic E-state index is 4.82. The van der Waals surface area contributed by atoms with E-state index in [1.807, 2.05) is 34.2 Å². The fourth-order valence-corrected chi connectivity index (χ4v) is 4.56. The van der Waals surface area contributed by atoms with E-state index in [2.05, 4.69) is 45.7 Å². The van der Waals surface area contributed by atoms with Gasteiger partial charge >= 0.3 is 0 Å². The van der Waals surface area contributed by atoms with Gasteiger partial charge in [-0.15, -0.1) is 11.3 Å². The Hall–Kier alpha value is -2.57. The molecule has 27 heavy (non-hydrogen) atoms. The van der Waals surface area contributed by atoms with Crippen LogP contribution in [0.2, 0.25) is 0 Å². The summed E-state index contributed by atoms with van der Waals surface area (Å²) in [7, 11) is 0. The van der Waals surface area contributed by atoms with Crippen molar-refractivity contribution in [1.29, 1.82) is 0 Å². The molecule has 0 aromatic carbocycles. The van der Waals surface area contributed by atoms with Crippen LogP contribution in [0.5, 0.6) is 0 Å². The second kappa shape index (κ2) is 7.21. The van der Waals surface area contributed by atoms with Crippen molar-refractivity contribution in [2.45, 2.75) is 25.3 Å². The summed E-state index contributed by atoms with van der Waals surface area (Å²) in [5, 5.41) is 6.97. The average Bonchev–Trinajstić information content (AvgIpc) is 3.38. The molecule has 0 bridgehead atoms. The zero-order chi connectivity index (χ0) is 18.1. The lowest BCUT2D eigenvalue weighted by Crippen LogP contribution is -2.34. The SMILES string of the molecule is c1cncc(-c2ccc3nc(C4CCCN(Cc5cccs5)C4)nn3c2)c1. The van der Waals surface area contributed by atoms with Crippen molar-refractivity contribution in [2.24, 2.45) is 0 Å². The molecule has 0 saturated carbocycles. The maximum atomic E-state index is 4.82. The highest BCUT2D eigenvalue weighted by molar-refractivity contribution is 7.09. The van der Waals surface area contributed by atoms with E-state index in [1.54, 1.807) is 6.20 Å². The quantitative estimate of drug-likeness (QED) is 0.535. The van der Waals surface area contributed by atoms with Gasteiger partial charge in [-0.1, -0.05) is 12.1 Å². The Balaban J connectivity index is 1.38. The molecule has 0 spiro atoms. The van der Waals surface area contributed by atoms with Crippen molar-refractivity contribution < 1.29 is 0 Å². The van der Waals surface area contributed by atoms with E-state index in [0.717, 1.165) is 48.7 Å². The summed E-state index contributed by atoms with van der Waals surface area (Å²) in [6.45, 7) is 3.23. The van der Waals surface area contributed by atoms with Gasteiger partial charge in [0, 0.05) is 53.6 Å². The summed E-state index contributed by atoms with van der Waals surface area (Å²) < 4.78 is 1.91. The first-order valence-electron chi connectivity index (χ1n) is 9.36. The first kappa shape index (κ1) is 16.6. The van der Waals surface area contributed by atoms with Crippen LogP contribution in [0, 0.1) is 0 Å². The Labute approximate surface area is 162 Å². The minimum absolute atomic E-state index is 0.403. The molecule has 5 rings (SSSR count). The number of hydrogen-bond donors (Lipinski definition) is 0. The molecule has 0 N–H and O–H groups in total. The third kappa shape index (κ3) is 3.50. The van der Waals surface area contributed by atoms with Gasteiger partial charge in [-0.25, -0.2) is 9.50 Å². The van der Waals surface area contributed by atoms with Crippen LogP contribution < -0.4 is 0 Å². The van der Waals surface area contributed by atoms with Crippen LogP contribution in [0.25, 0.3) is 16.8 Å². The van der Waals surface area contributed by atoms with Crippen LogP contribution in [0.15, 0.2) is 60.4 Å². The molecule has 1 saturated heterocycles. The summed E-state index contributed by atoms with van der Waals surface area (Å²) in [5.41, 5.74) is 3.11. The summed E-state index contributed by atoms with van der Waals surface area (Å²) >= 11 is 1.83. The molecule has 1 aliphatic heterocycles. The van der Waals surface area contributed by atoms with Crippen molar-refractivity contribution in [2.75, 3.05) is 13.1 Å². The summed E-state index contributed by atoms with van der Waals surface area (Å²) in [6, 6.07) is 12.5. The fourth-order valence-electron chi connectivity index (χ4n) is 3.81. The summed E-state index contributed by atoms with van der Waals surface area (Å²) in [6.07, 6.45) is 8.08. The molecule has 0 aliphatic carbocycles. The second-order valence-corrected chi connectivity index (χ2v) is 8.12. The summed E-state index contributed by atoms with van der Waals surface area (Å²) in [4.78, 5) is 13.0. The van der Waals surface area contributed by atoms with E-state index in [-0.39, 0.29) is 0 Å². The van der Waals surface area contributed by atoms with Gasteiger partial charge in [0.05, 0.1) is 0 Å². The Morgan fingerprint density at radius 3 is 2.96 bits per heavy atom. The van der Waals surface area contributed by atoms with E-state index >= 15 is 0 Å². The second-order valence-electron chi connectivity index (χ2n) is 7.09. The molecule has 1 unspecified atom stereocenters. The van der Waals surface area contributed by atoms with Gasteiger partial charge in [-0.3, -0.25) is 9.88 Å². The normalized spacial score (nSPS) is 18.1. The molecule has 4 aromatic rings. The van der Waals surface area contributed by atoms with Gasteiger partial charge in [0.1, 0.15) is 0 Å². The highest BCUT2D eigenvalue weighted by Crippen LogP contribution is 2.27. The Morgan fingerprint density at radius 2 is 2.11 bits per heavy atom. The monoisotopic (exact) mass is 375 g/mol. The first-order chi connectivity index (χ1) is 13.3. The smallest absolute Gasteiger partial charge is 0.156 e. The predicted molar refractivity (Wildman–Crippen MR) is 108 cm³/mol. The molecular formula is C21H21N5S. The van der Waals surface area contributed by atoms with Gasteiger partial charge < -0.3 is 0 Å². The third-order valence-corrected chi connectivity index (χ3v) is 6.03. The zero-order valence-electron chi connectivity index (χ0n) is 15.0. The van der Waals surface area contributed by atoms with E-state index in [9.17, 15) is 0 Å². The first-order valence-corrected chi connectivity index (χ1v) is 10.2. The molecule has 1 aliphatic rings. The molecule has 5 heterocycles.